The summed E-state index contributed by atoms with van der Waals surface area (Å²) >= 11 is 0. The molecule has 108 valence electrons. The Kier molecular flexibility index (Phi) is 3.44. The molecular formula is C14H14N4O2S. The highest BCUT2D eigenvalue weighted by Crippen LogP contribution is 2.23. The van der Waals surface area contributed by atoms with Crippen LogP contribution in [0.4, 0.5) is 0 Å². The SMILES string of the molecule is NS(=O)(=O)CCc1ccc(-c2cnn3cccnc23)cc1. The van der Waals surface area contributed by atoms with Crippen LogP contribution >= 0.6 is 0 Å². The first-order valence-electron chi connectivity index (χ1n) is 6.41. The maximum Gasteiger partial charge on any atom is 0.209 e. The van der Waals surface area contributed by atoms with Crippen LogP contribution in [0.1, 0.15) is 5.56 Å². The molecule has 21 heavy (non-hydrogen) atoms. The number of benzene rings is 1. The smallest absolute Gasteiger partial charge is 0.209 e. The number of nitrogens with two attached hydrogens (primary N) is 1. The summed E-state index contributed by atoms with van der Waals surface area (Å²) in [4.78, 5) is 4.31. The monoisotopic (exact) mass is 302 g/mol. The molecule has 0 unspecified atom stereocenters. The van der Waals surface area contributed by atoms with Gasteiger partial charge in [-0.1, -0.05) is 24.3 Å². The molecule has 0 fully saturated rings. The van der Waals surface area contributed by atoms with Crippen LogP contribution in [-0.2, 0) is 16.4 Å². The van der Waals surface area contributed by atoms with Gasteiger partial charge < -0.3 is 0 Å². The Balaban J connectivity index is 1.87. The third-order valence-electron chi connectivity index (χ3n) is 3.22. The summed E-state index contributed by atoms with van der Waals surface area (Å²) in [5.74, 6) is -0.0510. The second-order valence-corrected chi connectivity index (χ2v) is 6.49. The van der Waals surface area contributed by atoms with Crippen LogP contribution < -0.4 is 5.14 Å². The van der Waals surface area contributed by atoms with Gasteiger partial charge in [0.15, 0.2) is 5.65 Å². The Labute approximate surface area is 122 Å². The first-order valence-corrected chi connectivity index (χ1v) is 8.13. The molecule has 2 aromatic heterocycles. The van der Waals surface area contributed by atoms with Gasteiger partial charge in [-0.2, -0.15) is 5.10 Å². The van der Waals surface area contributed by atoms with Gasteiger partial charge in [0.1, 0.15) is 0 Å². The van der Waals surface area contributed by atoms with Crippen molar-refractivity contribution in [1.29, 1.82) is 0 Å². The van der Waals surface area contributed by atoms with E-state index in [1.54, 1.807) is 16.9 Å². The minimum absolute atomic E-state index is 0.0510. The van der Waals surface area contributed by atoms with Gasteiger partial charge in [-0.05, 0) is 23.6 Å². The number of fused-ring (bicyclic) bond motifs is 1. The molecule has 0 spiro atoms. The van der Waals surface area contributed by atoms with E-state index in [0.29, 0.717) is 6.42 Å². The quantitative estimate of drug-likeness (QED) is 0.784. The fourth-order valence-electron chi connectivity index (χ4n) is 2.14. The molecular weight excluding hydrogens is 288 g/mol. The first kappa shape index (κ1) is 13.7. The molecule has 3 aromatic rings. The first-order chi connectivity index (χ1) is 10.0. The van der Waals surface area contributed by atoms with Crippen molar-refractivity contribution < 1.29 is 8.42 Å². The minimum Gasteiger partial charge on any atom is -0.236 e. The molecule has 0 aliphatic carbocycles. The van der Waals surface area contributed by atoms with Gasteiger partial charge in [-0.3, -0.25) is 0 Å². The number of aryl methyl sites for hydroxylation is 1. The van der Waals surface area contributed by atoms with E-state index in [1.165, 1.54) is 0 Å². The van der Waals surface area contributed by atoms with Gasteiger partial charge in [0, 0.05) is 18.0 Å². The van der Waals surface area contributed by atoms with Crippen LogP contribution in [0.15, 0.2) is 48.9 Å². The lowest BCUT2D eigenvalue weighted by molar-refractivity contribution is 0.597. The van der Waals surface area contributed by atoms with E-state index in [9.17, 15) is 8.42 Å². The molecule has 0 aliphatic heterocycles. The number of primary sulfonamides is 1. The topological polar surface area (TPSA) is 90.4 Å². The summed E-state index contributed by atoms with van der Waals surface area (Å²) in [6, 6.07) is 9.48. The highest BCUT2D eigenvalue weighted by molar-refractivity contribution is 7.89. The van der Waals surface area contributed by atoms with Gasteiger partial charge in [-0.15, -0.1) is 0 Å². The van der Waals surface area contributed by atoms with Crippen molar-refractivity contribution in [2.75, 3.05) is 5.75 Å². The van der Waals surface area contributed by atoms with Crippen molar-refractivity contribution in [3.05, 3.63) is 54.5 Å². The van der Waals surface area contributed by atoms with E-state index in [0.717, 1.165) is 22.3 Å². The lowest BCUT2D eigenvalue weighted by atomic mass is 10.1. The molecule has 0 bridgehead atoms. The molecule has 0 aliphatic rings. The van der Waals surface area contributed by atoms with Gasteiger partial charge >= 0.3 is 0 Å². The van der Waals surface area contributed by atoms with Crippen molar-refractivity contribution >= 4 is 15.7 Å². The molecule has 7 heteroatoms. The summed E-state index contributed by atoms with van der Waals surface area (Å²) < 4.78 is 23.6. The van der Waals surface area contributed by atoms with Crippen molar-refractivity contribution in [3.8, 4) is 11.1 Å². The Hall–Kier alpha value is -2.25. The molecule has 0 radical (unpaired) electrons. The van der Waals surface area contributed by atoms with Gasteiger partial charge in [0.05, 0.1) is 11.9 Å². The number of nitrogens with zero attached hydrogens (tertiary/aromatic N) is 3. The summed E-state index contributed by atoms with van der Waals surface area (Å²) in [7, 11) is -3.43. The number of hydrogen-bond acceptors (Lipinski definition) is 4. The van der Waals surface area contributed by atoms with Gasteiger partial charge in [0.25, 0.3) is 0 Å². The molecule has 1 aromatic carbocycles. The van der Waals surface area contributed by atoms with E-state index in [4.69, 9.17) is 5.14 Å². The highest BCUT2D eigenvalue weighted by atomic mass is 32.2. The summed E-state index contributed by atoms with van der Waals surface area (Å²) in [6.07, 6.45) is 5.74. The maximum absolute atomic E-state index is 11.0. The molecule has 6 nitrogen and oxygen atoms in total. The van der Waals surface area contributed by atoms with Gasteiger partial charge in [0.2, 0.25) is 10.0 Å². The van der Waals surface area contributed by atoms with Crippen LogP contribution in [0.5, 0.6) is 0 Å². The zero-order valence-corrected chi connectivity index (χ0v) is 12.0. The fraction of sp³-hybridized carbons (Fsp3) is 0.143. The van der Waals surface area contributed by atoms with Crippen LogP contribution in [0.2, 0.25) is 0 Å². The predicted molar refractivity (Wildman–Crippen MR) is 80.1 cm³/mol. The zero-order chi connectivity index (χ0) is 14.9. The highest BCUT2D eigenvalue weighted by Gasteiger charge is 2.08. The number of hydrogen-bond donors (Lipinski definition) is 1. The second-order valence-electron chi connectivity index (χ2n) is 4.76. The fourth-order valence-corrected chi connectivity index (χ4v) is 2.66. The van der Waals surface area contributed by atoms with Crippen molar-refractivity contribution in [1.82, 2.24) is 14.6 Å². The molecule has 3 rings (SSSR count). The third kappa shape index (κ3) is 3.09. The van der Waals surface area contributed by atoms with Gasteiger partial charge in [-0.25, -0.2) is 23.1 Å². The Bertz CT molecular complexity index is 869. The Morgan fingerprint density at radius 2 is 1.95 bits per heavy atom. The van der Waals surface area contributed by atoms with Crippen LogP contribution in [0, 0.1) is 0 Å². The summed E-state index contributed by atoms with van der Waals surface area (Å²) in [5.41, 5.74) is 3.64. The van der Waals surface area contributed by atoms with E-state index in [1.807, 2.05) is 36.5 Å². The van der Waals surface area contributed by atoms with Crippen LogP contribution in [0.25, 0.3) is 16.8 Å². The molecule has 2 N–H and O–H groups in total. The van der Waals surface area contributed by atoms with Crippen molar-refractivity contribution in [3.63, 3.8) is 0 Å². The largest absolute Gasteiger partial charge is 0.236 e. The van der Waals surface area contributed by atoms with E-state index in [2.05, 4.69) is 10.1 Å². The summed E-state index contributed by atoms with van der Waals surface area (Å²) in [5, 5.41) is 9.25. The van der Waals surface area contributed by atoms with Crippen LogP contribution in [0.3, 0.4) is 0 Å². The van der Waals surface area contributed by atoms with Crippen LogP contribution in [-0.4, -0.2) is 28.8 Å². The van der Waals surface area contributed by atoms with Crippen molar-refractivity contribution in [2.24, 2.45) is 5.14 Å². The summed E-state index contributed by atoms with van der Waals surface area (Å²) in [6.45, 7) is 0. The van der Waals surface area contributed by atoms with E-state index in [-0.39, 0.29) is 5.75 Å². The Morgan fingerprint density at radius 3 is 2.67 bits per heavy atom. The average molecular weight is 302 g/mol. The maximum atomic E-state index is 11.0. The normalized spacial score (nSPS) is 11.9. The number of rotatable bonds is 4. The van der Waals surface area contributed by atoms with Crippen molar-refractivity contribution in [2.45, 2.75) is 6.42 Å². The lowest BCUT2D eigenvalue weighted by Crippen LogP contribution is -2.17. The second kappa shape index (κ2) is 5.27. The molecule has 0 amide bonds. The number of aromatic nitrogens is 3. The average Bonchev–Trinajstić information content (AvgIpc) is 2.89. The standard InChI is InChI=1S/C14H14N4O2S/c15-21(19,20)9-6-11-2-4-12(5-3-11)13-10-17-18-8-1-7-16-14(13)18/h1-5,7-8,10H,6,9H2,(H2,15,19,20). The van der Waals surface area contributed by atoms with E-state index >= 15 is 0 Å². The molecule has 0 saturated carbocycles. The minimum atomic E-state index is -3.43. The third-order valence-corrected chi connectivity index (χ3v) is 3.99. The molecule has 0 saturated heterocycles. The molecule has 2 heterocycles. The zero-order valence-electron chi connectivity index (χ0n) is 11.2. The van der Waals surface area contributed by atoms with E-state index < -0.39 is 10.0 Å². The number of sulfonamides is 1. The molecule has 0 atom stereocenters. The lowest BCUT2D eigenvalue weighted by Gasteiger charge is -2.03. The Morgan fingerprint density at radius 1 is 1.19 bits per heavy atom. The predicted octanol–water partition coefficient (Wildman–Crippen LogP) is 1.23.